The molecule has 0 N–H and O–H groups in total. The standard InChI is InChI=1S/C15H20O4/c1-4-18-14(16)6-5-7-15(17)19-13-9-8-11(2)12(3)10-13/h8-10H,4-7H2,1-3H3. The number of aryl methyl sites for hydroxylation is 2. The Morgan fingerprint density at radius 2 is 1.74 bits per heavy atom. The lowest BCUT2D eigenvalue weighted by molar-refractivity contribution is -0.143. The number of carbonyl (C=O) groups excluding carboxylic acids is 2. The van der Waals surface area contributed by atoms with Crippen LogP contribution in [0.5, 0.6) is 5.75 Å². The van der Waals surface area contributed by atoms with Gasteiger partial charge in [0, 0.05) is 12.8 Å². The van der Waals surface area contributed by atoms with E-state index in [2.05, 4.69) is 0 Å². The summed E-state index contributed by atoms with van der Waals surface area (Å²) in [6.07, 6.45) is 0.907. The normalized spacial score (nSPS) is 10.1. The third-order valence-electron chi connectivity index (χ3n) is 2.78. The van der Waals surface area contributed by atoms with E-state index in [4.69, 9.17) is 9.47 Å². The van der Waals surface area contributed by atoms with Gasteiger partial charge in [0.25, 0.3) is 0 Å². The van der Waals surface area contributed by atoms with E-state index in [9.17, 15) is 9.59 Å². The van der Waals surface area contributed by atoms with Crippen molar-refractivity contribution in [3.63, 3.8) is 0 Å². The molecule has 0 saturated carbocycles. The predicted octanol–water partition coefficient (Wildman–Crippen LogP) is 2.94. The molecule has 0 atom stereocenters. The van der Waals surface area contributed by atoms with Gasteiger partial charge in [0.05, 0.1) is 6.61 Å². The van der Waals surface area contributed by atoms with Gasteiger partial charge in [0.2, 0.25) is 0 Å². The molecular weight excluding hydrogens is 244 g/mol. The second-order valence-electron chi connectivity index (χ2n) is 4.38. The largest absolute Gasteiger partial charge is 0.466 e. The van der Waals surface area contributed by atoms with Crippen molar-refractivity contribution in [2.45, 2.75) is 40.0 Å². The van der Waals surface area contributed by atoms with Crippen LogP contribution in [0.15, 0.2) is 18.2 Å². The van der Waals surface area contributed by atoms with Crippen LogP contribution in [0.2, 0.25) is 0 Å². The van der Waals surface area contributed by atoms with Crippen LogP contribution in [0, 0.1) is 13.8 Å². The maximum atomic E-state index is 11.6. The average molecular weight is 264 g/mol. The Kier molecular flexibility index (Phi) is 6.06. The summed E-state index contributed by atoms with van der Waals surface area (Å²) in [4.78, 5) is 22.7. The van der Waals surface area contributed by atoms with Crippen LogP contribution in [-0.4, -0.2) is 18.5 Å². The van der Waals surface area contributed by atoms with Gasteiger partial charge in [-0.1, -0.05) is 6.07 Å². The Morgan fingerprint density at radius 3 is 2.37 bits per heavy atom. The van der Waals surface area contributed by atoms with E-state index in [1.165, 1.54) is 0 Å². The molecule has 0 aromatic heterocycles. The van der Waals surface area contributed by atoms with Crippen molar-refractivity contribution in [1.82, 2.24) is 0 Å². The topological polar surface area (TPSA) is 52.6 Å². The first-order chi connectivity index (χ1) is 9.02. The molecule has 1 aromatic rings. The summed E-state index contributed by atoms with van der Waals surface area (Å²) in [6, 6.07) is 5.51. The predicted molar refractivity (Wildman–Crippen MR) is 72.0 cm³/mol. The summed E-state index contributed by atoms with van der Waals surface area (Å²) in [7, 11) is 0. The SMILES string of the molecule is CCOC(=O)CCCC(=O)Oc1ccc(C)c(C)c1. The van der Waals surface area contributed by atoms with Crippen molar-refractivity contribution in [3.05, 3.63) is 29.3 Å². The van der Waals surface area contributed by atoms with Gasteiger partial charge in [-0.25, -0.2) is 0 Å². The van der Waals surface area contributed by atoms with Crippen LogP contribution in [-0.2, 0) is 14.3 Å². The fraction of sp³-hybridized carbons (Fsp3) is 0.467. The van der Waals surface area contributed by atoms with E-state index in [-0.39, 0.29) is 24.8 Å². The molecule has 0 aliphatic heterocycles. The highest BCUT2D eigenvalue weighted by Gasteiger charge is 2.08. The number of carbonyl (C=O) groups is 2. The minimum atomic E-state index is -0.326. The molecule has 0 radical (unpaired) electrons. The molecule has 1 rings (SSSR count). The van der Waals surface area contributed by atoms with Crippen molar-refractivity contribution in [3.8, 4) is 5.75 Å². The molecule has 0 aliphatic carbocycles. The lowest BCUT2D eigenvalue weighted by Crippen LogP contribution is -2.10. The summed E-state index contributed by atoms with van der Waals surface area (Å²) in [5.74, 6) is -0.0572. The van der Waals surface area contributed by atoms with Crippen LogP contribution in [0.1, 0.15) is 37.3 Å². The lowest BCUT2D eigenvalue weighted by Gasteiger charge is -2.06. The number of rotatable bonds is 6. The van der Waals surface area contributed by atoms with E-state index >= 15 is 0 Å². The van der Waals surface area contributed by atoms with E-state index in [0.717, 1.165) is 11.1 Å². The molecule has 0 spiro atoms. The highest BCUT2D eigenvalue weighted by atomic mass is 16.5. The number of benzene rings is 1. The number of hydrogen-bond donors (Lipinski definition) is 0. The van der Waals surface area contributed by atoms with Gasteiger partial charge < -0.3 is 9.47 Å². The van der Waals surface area contributed by atoms with Gasteiger partial charge >= 0.3 is 11.9 Å². The zero-order chi connectivity index (χ0) is 14.3. The fourth-order valence-corrected chi connectivity index (χ4v) is 1.57. The number of hydrogen-bond acceptors (Lipinski definition) is 4. The Balaban J connectivity index is 2.35. The summed E-state index contributed by atoms with van der Waals surface area (Å²) in [6.45, 7) is 6.09. The van der Waals surface area contributed by atoms with Crippen LogP contribution >= 0.6 is 0 Å². The molecule has 104 valence electrons. The maximum absolute atomic E-state index is 11.6. The molecule has 4 heteroatoms. The average Bonchev–Trinajstić information content (AvgIpc) is 2.34. The highest BCUT2D eigenvalue weighted by molar-refractivity contribution is 5.74. The monoisotopic (exact) mass is 264 g/mol. The number of ether oxygens (including phenoxy) is 2. The third kappa shape index (κ3) is 5.55. The van der Waals surface area contributed by atoms with Gasteiger partial charge in [-0.2, -0.15) is 0 Å². The second kappa shape index (κ2) is 7.56. The summed E-state index contributed by atoms with van der Waals surface area (Å²) >= 11 is 0. The Labute approximate surface area is 113 Å². The zero-order valence-electron chi connectivity index (χ0n) is 11.7. The fourth-order valence-electron chi connectivity index (χ4n) is 1.57. The minimum Gasteiger partial charge on any atom is -0.466 e. The molecule has 1 aromatic carbocycles. The molecular formula is C15H20O4. The molecule has 0 heterocycles. The Hall–Kier alpha value is -1.84. The molecule has 0 unspecified atom stereocenters. The summed E-state index contributed by atoms with van der Waals surface area (Å²) in [5.41, 5.74) is 2.24. The van der Waals surface area contributed by atoms with E-state index in [1.807, 2.05) is 26.0 Å². The zero-order valence-corrected chi connectivity index (χ0v) is 11.7. The maximum Gasteiger partial charge on any atom is 0.311 e. The van der Waals surface area contributed by atoms with E-state index < -0.39 is 0 Å². The van der Waals surface area contributed by atoms with Gasteiger partial charge in [-0.3, -0.25) is 9.59 Å². The van der Waals surface area contributed by atoms with Crippen LogP contribution in [0.4, 0.5) is 0 Å². The molecule has 0 aliphatic rings. The first-order valence-corrected chi connectivity index (χ1v) is 6.46. The van der Waals surface area contributed by atoms with Gasteiger partial charge in [0.1, 0.15) is 5.75 Å². The first kappa shape index (κ1) is 15.2. The smallest absolute Gasteiger partial charge is 0.311 e. The Bertz CT molecular complexity index is 451. The molecule has 0 amide bonds. The molecule has 0 bridgehead atoms. The summed E-state index contributed by atoms with van der Waals surface area (Å²) in [5, 5.41) is 0. The quantitative estimate of drug-likeness (QED) is 0.585. The van der Waals surface area contributed by atoms with Crippen molar-refractivity contribution < 1.29 is 19.1 Å². The minimum absolute atomic E-state index is 0.214. The number of esters is 2. The third-order valence-corrected chi connectivity index (χ3v) is 2.78. The lowest BCUT2D eigenvalue weighted by atomic mass is 10.1. The molecule has 19 heavy (non-hydrogen) atoms. The van der Waals surface area contributed by atoms with Crippen molar-refractivity contribution in [2.75, 3.05) is 6.61 Å². The second-order valence-corrected chi connectivity index (χ2v) is 4.38. The highest BCUT2D eigenvalue weighted by Crippen LogP contribution is 2.17. The summed E-state index contributed by atoms with van der Waals surface area (Å²) < 4.78 is 9.98. The van der Waals surface area contributed by atoms with Crippen molar-refractivity contribution in [2.24, 2.45) is 0 Å². The van der Waals surface area contributed by atoms with Crippen LogP contribution in [0.3, 0.4) is 0 Å². The van der Waals surface area contributed by atoms with Crippen LogP contribution in [0.25, 0.3) is 0 Å². The van der Waals surface area contributed by atoms with Gasteiger partial charge in [-0.05, 0) is 50.5 Å². The molecule has 0 fully saturated rings. The Morgan fingerprint density at radius 1 is 1.05 bits per heavy atom. The van der Waals surface area contributed by atoms with E-state index in [0.29, 0.717) is 18.8 Å². The van der Waals surface area contributed by atoms with Gasteiger partial charge in [0.15, 0.2) is 0 Å². The van der Waals surface area contributed by atoms with Crippen molar-refractivity contribution in [1.29, 1.82) is 0 Å². The molecule has 4 nitrogen and oxygen atoms in total. The van der Waals surface area contributed by atoms with E-state index in [1.54, 1.807) is 13.0 Å². The molecule has 0 saturated heterocycles. The van der Waals surface area contributed by atoms with Gasteiger partial charge in [-0.15, -0.1) is 0 Å². The van der Waals surface area contributed by atoms with Crippen molar-refractivity contribution >= 4 is 11.9 Å². The first-order valence-electron chi connectivity index (χ1n) is 6.46. The van der Waals surface area contributed by atoms with Crippen LogP contribution < -0.4 is 4.74 Å².